The molecule has 1 saturated heterocycles. The second-order valence-electron chi connectivity index (χ2n) is 6.36. The fourth-order valence-corrected chi connectivity index (χ4v) is 2.91. The van der Waals surface area contributed by atoms with Crippen molar-refractivity contribution in [3.63, 3.8) is 0 Å². The largest absolute Gasteiger partial charge is 0.378 e. The van der Waals surface area contributed by atoms with Gasteiger partial charge in [0.2, 0.25) is 11.8 Å². The summed E-state index contributed by atoms with van der Waals surface area (Å²) in [7, 11) is 2.92. The molecule has 1 aliphatic heterocycles. The van der Waals surface area contributed by atoms with Crippen LogP contribution in [-0.2, 0) is 34.8 Å². The number of carbonyl (C=O) groups is 2. The molecular formula is C16H22N6O5. The lowest BCUT2D eigenvalue weighted by Crippen LogP contribution is -2.45. The van der Waals surface area contributed by atoms with Crippen molar-refractivity contribution in [2.75, 3.05) is 32.8 Å². The second kappa shape index (κ2) is 7.74. The molecule has 1 aliphatic rings. The molecule has 0 aliphatic carbocycles. The quantitative estimate of drug-likeness (QED) is 0.611. The van der Waals surface area contributed by atoms with E-state index >= 15 is 0 Å². The molecule has 0 radical (unpaired) electrons. The fraction of sp³-hybridized carbons (Fsp3) is 0.562. The summed E-state index contributed by atoms with van der Waals surface area (Å²) >= 11 is 0. The van der Waals surface area contributed by atoms with Gasteiger partial charge in [0, 0.05) is 40.0 Å². The van der Waals surface area contributed by atoms with Gasteiger partial charge in [-0.2, -0.15) is 0 Å². The third-order valence-electron chi connectivity index (χ3n) is 4.53. The lowest BCUT2D eigenvalue weighted by atomic mass is 10.3. The zero-order valence-corrected chi connectivity index (χ0v) is 15.3. The molecule has 2 aromatic rings. The van der Waals surface area contributed by atoms with Crippen LogP contribution in [0.2, 0.25) is 0 Å². The van der Waals surface area contributed by atoms with Crippen molar-refractivity contribution in [1.29, 1.82) is 0 Å². The van der Waals surface area contributed by atoms with E-state index in [9.17, 15) is 19.2 Å². The average Bonchev–Trinajstić information content (AvgIpc) is 3.12. The summed E-state index contributed by atoms with van der Waals surface area (Å²) in [6.45, 7) is 2.01. The lowest BCUT2D eigenvalue weighted by molar-refractivity contribution is -0.136. The van der Waals surface area contributed by atoms with Crippen LogP contribution in [0.4, 0.5) is 0 Å². The molecular weight excluding hydrogens is 356 g/mol. The van der Waals surface area contributed by atoms with Crippen LogP contribution in [0, 0.1) is 0 Å². The van der Waals surface area contributed by atoms with E-state index < -0.39 is 11.2 Å². The highest BCUT2D eigenvalue weighted by Gasteiger charge is 2.18. The highest BCUT2D eigenvalue weighted by Crippen LogP contribution is 2.06. The molecule has 0 atom stereocenters. The Bertz CT molecular complexity index is 982. The molecule has 11 nitrogen and oxygen atoms in total. The Balaban J connectivity index is 1.58. The van der Waals surface area contributed by atoms with Crippen molar-refractivity contribution in [2.24, 2.45) is 14.1 Å². The number of nitrogens with one attached hydrogen (secondary N) is 2. The van der Waals surface area contributed by atoms with Crippen molar-refractivity contribution in [2.45, 2.75) is 12.8 Å². The molecule has 0 spiro atoms. The van der Waals surface area contributed by atoms with Crippen LogP contribution in [-0.4, -0.2) is 68.7 Å². The van der Waals surface area contributed by atoms with Gasteiger partial charge in [-0.25, -0.2) is 9.78 Å². The topological polar surface area (TPSA) is 131 Å². The number of nitrogens with zero attached hydrogens (tertiary/aromatic N) is 4. The van der Waals surface area contributed by atoms with Crippen molar-refractivity contribution in [3.05, 3.63) is 26.7 Å². The van der Waals surface area contributed by atoms with Gasteiger partial charge in [-0.15, -0.1) is 0 Å². The molecule has 27 heavy (non-hydrogen) atoms. The van der Waals surface area contributed by atoms with Gasteiger partial charge in [0.1, 0.15) is 11.3 Å². The van der Waals surface area contributed by atoms with E-state index in [1.807, 2.05) is 0 Å². The normalized spacial score (nSPS) is 14.5. The number of imidazole rings is 1. The maximum Gasteiger partial charge on any atom is 0.332 e. The van der Waals surface area contributed by atoms with Gasteiger partial charge in [0.25, 0.3) is 5.56 Å². The number of ether oxygens (including phenoxy) is 1. The van der Waals surface area contributed by atoms with Crippen LogP contribution in [0.1, 0.15) is 12.2 Å². The predicted molar refractivity (Wildman–Crippen MR) is 95.3 cm³/mol. The first kappa shape index (κ1) is 18.8. The van der Waals surface area contributed by atoms with Gasteiger partial charge in [-0.05, 0) is 0 Å². The van der Waals surface area contributed by atoms with E-state index in [0.29, 0.717) is 32.1 Å². The summed E-state index contributed by atoms with van der Waals surface area (Å²) in [6, 6.07) is 0. The van der Waals surface area contributed by atoms with Gasteiger partial charge in [0.05, 0.1) is 19.8 Å². The predicted octanol–water partition coefficient (Wildman–Crippen LogP) is -2.13. The molecule has 3 rings (SSSR count). The molecule has 11 heteroatoms. The minimum absolute atomic E-state index is 0.0615. The summed E-state index contributed by atoms with van der Waals surface area (Å²) in [5.74, 6) is -0.00861. The van der Waals surface area contributed by atoms with E-state index in [-0.39, 0.29) is 42.4 Å². The molecule has 2 N–H and O–H groups in total. The van der Waals surface area contributed by atoms with Gasteiger partial charge in [-0.3, -0.25) is 23.5 Å². The van der Waals surface area contributed by atoms with Gasteiger partial charge >= 0.3 is 5.69 Å². The number of amides is 2. The maximum atomic E-state index is 12.1. The first-order valence-electron chi connectivity index (χ1n) is 8.65. The van der Waals surface area contributed by atoms with Gasteiger partial charge < -0.3 is 19.9 Å². The Kier molecular flexibility index (Phi) is 5.40. The highest BCUT2D eigenvalue weighted by molar-refractivity contribution is 5.84. The molecule has 2 amide bonds. The zero-order chi connectivity index (χ0) is 19.6. The molecule has 0 aromatic carbocycles. The molecule has 0 bridgehead atoms. The number of aromatic nitrogens is 4. The summed E-state index contributed by atoms with van der Waals surface area (Å²) in [5.41, 5.74) is -0.462. The van der Waals surface area contributed by atoms with Crippen molar-refractivity contribution >= 4 is 23.0 Å². The Hall–Kier alpha value is -2.95. The third kappa shape index (κ3) is 3.92. The first-order chi connectivity index (χ1) is 12.9. The summed E-state index contributed by atoms with van der Waals surface area (Å²) in [6.07, 6.45) is 0.355. The SMILES string of the molecule is Cn1c(=O)c2[nH]c(CCC(=O)NCC(=O)N3CCOCC3)nc2n(C)c1=O. The smallest absolute Gasteiger partial charge is 0.332 e. The van der Waals surface area contributed by atoms with Crippen LogP contribution in [0.5, 0.6) is 0 Å². The summed E-state index contributed by atoms with van der Waals surface area (Å²) in [4.78, 5) is 56.8. The Morgan fingerprint density at radius 1 is 1.19 bits per heavy atom. The van der Waals surface area contributed by atoms with E-state index in [0.717, 1.165) is 4.57 Å². The molecule has 2 aromatic heterocycles. The number of aryl methyl sites for hydroxylation is 2. The molecule has 0 unspecified atom stereocenters. The Morgan fingerprint density at radius 3 is 2.59 bits per heavy atom. The number of fused-ring (bicyclic) bond motifs is 1. The first-order valence-corrected chi connectivity index (χ1v) is 8.65. The van der Waals surface area contributed by atoms with Crippen molar-refractivity contribution in [3.8, 4) is 0 Å². The monoisotopic (exact) mass is 378 g/mol. The highest BCUT2D eigenvalue weighted by atomic mass is 16.5. The summed E-state index contributed by atoms with van der Waals surface area (Å²) in [5, 5.41) is 2.59. The molecule has 3 heterocycles. The molecule has 0 saturated carbocycles. The average molecular weight is 378 g/mol. The van der Waals surface area contributed by atoms with Gasteiger partial charge in [0.15, 0.2) is 5.65 Å². The van der Waals surface area contributed by atoms with Crippen molar-refractivity contribution in [1.82, 2.24) is 29.3 Å². The van der Waals surface area contributed by atoms with Crippen LogP contribution in [0.25, 0.3) is 11.2 Å². The minimum atomic E-state index is -0.468. The Labute approximate surface area is 153 Å². The molecule has 1 fully saturated rings. The Morgan fingerprint density at radius 2 is 1.89 bits per heavy atom. The van der Waals surface area contributed by atoms with E-state index in [2.05, 4.69) is 15.3 Å². The van der Waals surface area contributed by atoms with E-state index in [1.54, 1.807) is 4.90 Å². The van der Waals surface area contributed by atoms with Gasteiger partial charge in [-0.1, -0.05) is 0 Å². The lowest BCUT2D eigenvalue weighted by Gasteiger charge is -2.26. The third-order valence-corrected chi connectivity index (χ3v) is 4.53. The number of carbonyl (C=O) groups excluding carboxylic acids is 2. The van der Waals surface area contributed by atoms with Crippen LogP contribution in [0.15, 0.2) is 9.59 Å². The van der Waals surface area contributed by atoms with Crippen LogP contribution < -0.4 is 16.6 Å². The van der Waals surface area contributed by atoms with Crippen LogP contribution >= 0.6 is 0 Å². The van der Waals surface area contributed by atoms with E-state index in [1.165, 1.54) is 18.7 Å². The number of hydrogen-bond acceptors (Lipinski definition) is 6. The minimum Gasteiger partial charge on any atom is -0.378 e. The number of aromatic amines is 1. The number of morpholine rings is 1. The standard InChI is InChI=1S/C16H22N6O5/c1-20-14-13(15(25)21(2)16(20)26)18-10(19-14)3-4-11(23)17-9-12(24)22-5-7-27-8-6-22/h3-9H2,1-2H3,(H,17,23)(H,18,19). The van der Waals surface area contributed by atoms with Crippen LogP contribution in [0.3, 0.4) is 0 Å². The number of hydrogen-bond donors (Lipinski definition) is 2. The van der Waals surface area contributed by atoms with E-state index in [4.69, 9.17) is 4.74 Å². The second-order valence-corrected chi connectivity index (χ2v) is 6.36. The summed E-state index contributed by atoms with van der Waals surface area (Å²) < 4.78 is 7.45. The van der Waals surface area contributed by atoms with Crippen molar-refractivity contribution < 1.29 is 14.3 Å². The maximum absolute atomic E-state index is 12.1. The fourth-order valence-electron chi connectivity index (χ4n) is 2.91. The molecule has 146 valence electrons. The number of rotatable bonds is 5. The number of H-pyrrole nitrogens is 1. The zero-order valence-electron chi connectivity index (χ0n) is 15.3.